The number of aliphatic hydroxyl groups is 1. The van der Waals surface area contributed by atoms with Gasteiger partial charge >= 0.3 is 6.09 Å². The van der Waals surface area contributed by atoms with Gasteiger partial charge in [-0.15, -0.1) is 0 Å². The second-order valence-corrected chi connectivity index (χ2v) is 4.83. The molecule has 1 rings (SSSR count). The van der Waals surface area contributed by atoms with Gasteiger partial charge < -0.3 is 14.7 Å². The van der Waals surface area contributed by atoms with Crippen molar-refractivity contribution in [2.24, 2.45) is 5.92 Å². The van der Waals surface area contributed by atoms with Gasteiger partial charge in [0.05, 0.1) is 6.61 Å². The van der Waals surface area contributed by atoms with Crippen LogP contribution in [-0.4, -0.2) is 41.9 Å². The summed E-state index contributed by atoms with van der Waals surface area (Å²) in [6, 6.07) is 0.165. The van der Waals surface area contributed by atoms with Gasteiger partial charge in [0.2, 0.25) is 0 Å². The summed E-state index contributed by atoms with van der Waals surface area (Å²) in [7, 11) is 0. The SMILES string of the molecule is CC(C)COC(=O)N1CCCC[C@@H]1CCO. The molecule has 1 atom stereocenters. The third-order valence-electron chi connectivity index (χ3n) is 2.86. The van der Waals surface area contributed by atoms with E-state index in [1.807, 2.05) is 13.8 Å². The minimum Gasteiger partial charge on any atom is -0.449 e. The Balaban J connectivity index is 2.43. The van der Waals surface area contributed by atoms with Gasteiger partial charge in [-0.3, -0.25) is 0 Å². The second kappa shape index (κ2) is 6.74. The molecule has 0 aromatic heterocycles. The topological polar surface area (TPSA) is 49.8 Å². The third-order valence-corrected chi connectivity index (χ3v) is 2.86. The summed E-state index contributed by atoms with van der Waals surface area (Å²) < 4.78 is 5.22. The highest BCUT2D eigenvalue weighted by Crippen LogP contribution is 2.20. The summed E-state index contributed by atoms with van der Waals surface area (Å²) in [5.41, 5.74) is 0. The fourth-order valence-corrected chi connectivity index (χ4v) is 2.01. The molecule has 1 aliphatic heterocycles. The summed E-state index contributed by atoms with van der Waals surface area (Å²) in [6.07, 6.45) is 3.61. The van der Waals surface area contributed by atoms with E-state index in [9.17, 15) is 4.79 Å². The molecule has 1 aliphatic rings. The first kappa shape index (κ1) is 13.3. The van der Waals surface area contributed by atoms with Crippen molar-refractivity contribution < 1.29 is 14.6 Å². The molecule has 94 valence electrons. The quantitative estimate of drug-likeness (QED) is 0.802. The lowest BCUT2D eigenvalue weighted by atomic mass is 10.0. The van der Waals surface area contributed by atoms with E-state index in [2.05, 4.69) is 0 Å². The molecule has 4 nitrogen and oxygen atoms in total. The van der Waals surface area contributed by atoms with Gasteiger partial charge in [0.25, 0.3) is 0 Å². The van der Waals surface area contributed by atoms with Crippen LogP contribution >= 0.6 is 0 Å². The van der Waals surface area contributed by atoms with E-state index in [4.69, 9.17) is 9.84 Å². The minimum absolute atomic E-state index is 0.138. The third kappa shape index (κ3) is 4.00. The van der Waals surface area contributed by atoms with E-state index < -0.39 is 0 Å². The van der Waals surface area contributed by atoms with Gasteiger partial charge in [0, 0.05) is 19.2 Å². The van der Waals surface area contributed by atoms with Crippen molar-refractivity contribution in [2.75, 3.05) is 19.8 Å². The fourth-order valence-electron chi connectivity index (χ4n) is 2.01. The number of amides is 1. The van der Waals surface area contributed by atoms with E-state index in [0.29, 0.717) is 18.9 Å². The number of piperidine rings is 1. The first-order chi connectivity index (χ1) is 7.65. The number of carbonyl (C=O) groups is 1. The van der Waals surface area contributed by atoms with Crippen LogP contribution in [-0.2, 0) is 4.74 Å². The van der Waals surface area contributed by atoms with Crippen LogP contribution in [0.2, 0.25) is 0 Å². The lowest BCUT2D eigenvalue weighted by Gasteiger charge is -2.34. The van der Waals surface area contributed by atoms with Crippen LogP contribution in [0.3, 0.4) is 0 Å². The van der Waals surface area contributed by atoms with Crippen molar-refractivity contribution in [2.45, 2.75) is 45.6 Å². The summed E-state index contributed by atoms with van der Waals surface area (Å²) in [6.45, 7) is 5.42. The van der Waals surface area contributed by atoms with E-state index in [1.165, 1.54) is 0 Å². The van der Waals surface area contributed by atoms with E-state index in [-0.39, 0.29) is 18.7 Å². The lowest BCUT2D eigenvalue weighted by Crippen LogP contribution is -2.44. The van der Waals surface area contributed by atoms with Crippen molar-refractivity contribution in [3.05, 3.63) is 0 Å². The molecule has 16 heavy (non-hydrogen) atoms. The van der Waals surface area contributed by atoms with E-state index >= 15 is 0 Å². The maximum absolute atomic E-state index is 11.8. The number of carbonyl (C=O) groups excluding carboxylic acids is 1. The normalized spacial score (nSPS) is 21.2. The Morgan fingerprint density at radius 2 is 2.25 bits per heavy atom. The highest BCUT2D eigenvalue weighted by Gasteiger charge is 2.27. The highest BCUT2D eigenvalue weighted by molar-refractivity contribution is 5.68. The molecular weight excluding hydrogens is 206 g/mol. The van der Waals surface area contributed by atoms with Crippen LogP contribution in [0.25, 0.3) is 0 Å². The lowest BCUT2D eigenvalue weighted by molar-refractivity contribution is 0.0589. The van der Waals surface area contributed by atoms with Crippen LogP contribution in [0.15, 0.2) is 0 Å². The average molecular weight is 229 g/mol. The van der Waals surface area contributed by atoms with Crippen molar-refractivity contribution in [1.82, 2.24) is 4.90 Å². The zero-order chi connectivity index (χ0) is 12.0. The van der Waals surface area contributed by atoms with Crippen LogP contribution in [0.1, 0.15) is 39.5 Å². The Morgan fingerprint density at radius 1 is 1.50 bits per heavy atom. The Kier molecular flexibility index (Phi) is 5.60. The predicted molar refractivity (Wildman–Crippen MR) is 62.2 cm³/mol. The van der Waals surface area contributed by atoms with Gasteiger partial charge in [-0.2, -0.15) is 0 Å². The monoisotopic (exact) mass is 229 g/mol. The minimum atomic E-state index is -0.216. The molecule has 1 heterocycles. The Hall–Kier alpha value is -0.770. The number of hydrogen-bond donors (Lipinski definition) is 1. The molecule has 0 bridgehead atoms. The molecular formula is C12H23NO3. The standard InChI is InChI=1S/C12H23NO3/c1-10(2)9-16-12(15)13-7-4-3-5-11(13)6-8-14/h10-11,14H,3-9H2,1-2H3/t11-/m1/s1. The molecule has 1 saturated heterocycles. The molecule has 4 heteroatoms. The summed E-state index contributed by atoms with van der Waals surface area (Å²) in [4.78, 5) is 13.6. The second-order valence-electron chi connectivity index (χ2n) is 4.83. The summed E-state index contributed by atoms with van der Waals surface area (Å²) >= 11 is 0. The van der Waals surface area contributed by atoms with Crippen LogP contribution < -0.4 is 0 Å². The van der Waals surface area contributed by atoms with Crippen molar-refractivity contribution >= 4 is 6.09 Å². The largest absolute Gasteiger partial charge is 0.449 e. The smallest absolute Gasteiger partial charge is 0.410 e. The zero-order valence-corrected chi connectivity index (χ0v) is 10.3. The van der Waals surface area contributed by atoms with Crippen LogP contribution in [0, 0.1) is 5.92 Å². The maximum Gasteiger partial charge on any atom is 0.410 e. The molecule has 0 radical (unpaired) electrons. The molecule has 1 N–H and O–H groups in total. The van der Waals surface area contributed by atoms with Crippen LogP contribution in [0.4, 0.5) is 4.79 Å². The number of ether oxygens (including phenoxy) is 1. The Morgan fingerprint density at radius 3 is 2.88 bits per heavy atom. The molecule has 1 fully saturated rings. The average Bonchev–Trinajstić information content (AvgIpc) is 2.27. The van der Waals surface area contributed by atoms with Crippen molar-refractivity contribution in [3.8, 4) is 0 Å². The fraction of sp³-hybridized carbons (Fsp3) is 0.917. The van der Waals surface area contributed by atoms with Gasteiger partial charge in [0.1, 0.15) is 0 Å². The van der Waals surface area contributed by atoms with Crippen LogP contribution in [0.5, 0.6) is 0 Å². The summed E-state index contributed by atoms with van der Waals surface area (Å²) in [5, 5.41) is 8.96. The number of hydrogen-bond acceptors (Lipinski definition) is 3. The van der Waals surface area contributed by atoms with E-state index in [1.54, 1.807) is 4.90 Å². The van der Waals surface area contributed by atoms with Gasteiger partial charge in [-0.25, -0.2) is 4.79 Å². The van der Waals surface area contributed by atoms with Gasteiger partial charge in [-0.1, -0.05) is 13.8 Å². The predicted octanol–water partition coefficient (Wildman–Crippen LogP) is 2.02. The number of likely N-dealkylation sites (tertiary alicyclic amines) is 1. The van der Waals surface area contributed by atoms with Gasteiger partial charge in [-0.05, 0) is 31.6 Å². The summed E-state index contributed by atoms with van der Waals surface area (Å²) in [5.74, 6) is 0.366. The first-order valence-electron chi connectivity index (χ1n) is 6.19. The van der Waals surface area contributed by atoms with Crippen molar-refractivity contribution in [1.29, 1.82) is 0 Å². The Bertz CT molecular complexity index is 216. The zero-order valence-electron chi connectivity index (χ0n) is 10.3. The molecule has 0 saturated carbocycles. The molecule has 0 aliphatic carbocycles. The first-order valence-corrected chi connectivity index (χ1v) is 6.19. The number of nitrogens with zero attached hydrogens (tertiary/aromatic N) is 1. The van der Waals surface area contributed by atoms with Gasteiger partial charge in [0.15, 0.2) is 0 Å². The highest BCUT2D eigenvalue weighted by atomic mass is 16.6. The molecule has 0 aromatic rings. The van der Waals surface area contributed by atoms with Crippen molar-refractivity contribution in [3.63, 3.8) is 0 Å². The molecule has 1 amide bonds. The number of aliphatic hydroxyl groups excluding tert-OH is 1. The molecule has 0 aromatic carbocycles. The Labute approximate surface area is 97.6 Å². The molecule has 0 unspecified atom stereocenters. The molecule has 0 spiro atoms. The maximum atomic E-state index is 11.8. The number of rotatable bonds is 4. The van der Waals surface area contributed by atoms with E-state index in [0.717, 1.165) is 25.8 Å².